The molecule has 2 aromatic carbocycles. The summed E-state index contributed by atoms with van der Waals surface area (Å²) in [6.07, 6.45) is 4.11. The molecule has 2 heterocycles. The molecule has 0 aliphatic heterocycles. The van der Waals surface area contributed by atoms with Crippen molar-refractivity contribution in [1.82, 2.24) is 9.38 Å². The summed E-state index contributed by atoms with van der Waals surface area (Å²) < 4.78 is 1.52. The van der Waals surface area contributed by atoms with Crippen molar-refractivity contribution >= 4 is 35.0 Å². The minimum Gasteiger partial charge on any atom is -0.339 e. The summed E-state index contributed by atoms with van der Waals surface area (Å²) in [4.78, 5) is 22.1. The van der Waals surface area contributed by atoms with Gasteiger partial charge >= 0.3 is 0 Å². The molecular weight excluding hydrogens is 384 g/mol. The highest BCUT2D eigenvalue weighted by molar-refractivity contribution is 6.30. The average molecular weight is 403 g/mol. The molecule has 0 radical (unpaired) electrons. The van der Waals surface area contributed by atoms with E-state index in [1.807, 2.05) is 36.4 Å². The molecule has 29 heavy (non-hydrogen) atoms. The third-order valence-electron chi connectivity index (χ3n) is 4.45. The Labute approximate surface area is 173 Å². The second kappa shape index (κ2) is 8.71. The molecule has 0 aliphatic rings. The van der Waals surface area contributed by atoms with E-state index in [2.05, 4.69) is 27.4 Å². The molecule has 2 aromatic heterocycles. The van der Waals surface area contributed by atoms with Crippen LogP contribution in [0.4, 0.5) is 11.5 Å². The smallest absolute Gasteiger partial charge is 0.268 e. The monoisotopic (exact) mass is 402 g/mol. The van der Waals surface area contributed by atoms with Gasteiger partial charge in [-0.15, -0.1) is 0 Å². The molecule has 0 atom stereocenters. The third kappa shape index (κ3) is 4.52. The van der Waals surface area contributed by atoms with Crippen LogP contribution in [-0.2, 0) is 6.42 Å². The third-order valence-corrected chi connectivity index (χ3v) is 4.68. The normalized spacial score (nSPS) is 11.2. The molecule has 6 heteroatoms. The first-order chi connectivity index (χ1) is 14.2. The second-order valence-electron chi connectivity index (χ2n) is 6.51. The lowest BCUT2D eigenvalue weighted by Crippen LogP contribution is -2.21. The van der Waals surface area contributed by atoms with Crippen LogP contribution in [0.25, 0.3) is 5.65 Å². The SMILES string of the molecule is O=c1c(C=NCCc2ccccc2)c(Nc2cccc(Cl)c2)nc2ccccn12. The molecule has 0 unspecified atom stereocenters. The van der Waals surface area contributed by atoms with E-state index in [-0.39, 0.29) is 5.56 Å². The molecule has 144 valence electrons. The zero-order valence-electron chi connectivity index (χ0n) is 15.6. The topological polar surface area (TPSA) is 58.8 Å². The first-order valence-electron chi connectivity index (χ1n) is 9.28. The Morgan fingerprint density at radius 1 is 1.03 bits per heavy atom. The standard InChI is InChI=1S/C23H19ClN4O/c24-18-9-6-10-19(15-18)26-22-20(16-25-13-12-17-7-2-1-3-8-17)23(29)28-14-5-4-11-21(28)27-22/h1-11,14-16,26H,12-13H2. The van der Waals surface area contributed by atoms with E-state index in [0.29, 0.717) is 28.6 Å². The summed E-state index contributed by atoms with van der Waals surface area (Å²) in [5, 5.41) is 3.81. The van der Waals surface area contributed by atoms with Gasteiger partial charge in [-0.25, -0.2) is 4.98 Å². The Kier molecular flexibility index (Phi) is 5.68. The lowest BCUT2D eigenvalue weighted by atomic mass is 10.1. The number of anilines is 2. The Hall–Kier alpha value is -3.44. The Morgan fingerprint density at radius 2 is 1.86 bits per heavy atom. The fourth-order valence-electron chi connectivity index (χ4n) is 3.01. The van der Waals surface area contributed by atoms with Crippen LogP contribution in [0.2, 0.25) is 5.02 Å². The Balaban J connectivity index is 1.67. The molecule has 5 nitrogen and oxygen atoms in total. The number of rotatable bonds is 6. The van der Waals surface area contributed by atoms with Gasteiger partial charge < -0.3 is 5.32 Å². The number of hydrogen-bond donors (Lipinski definition) is 1. The van der Waals surface area contributed by atoms with Crippen LogP contribution >= 0.6 is 11.6 Å². The van der Waals surface area contributed by atoms with E-state index in [1.165, 1.54) is 9.96 Å². The van der Waals surface area contributed by atoms with Gasteiger partial charge in [-0.05, 0) is 42.3 Å². The van der Waals surface area contributed by atoms with Crippen LogP contribution in [0.15, 0.2) is 88.8 Å². The van der Waals surface area contributed by atoms with E-state index >= 15 is 0 Å². The van der Waals surface area contributed by atoms with E-state index in [0.717, 1.165) is 12.1 Å². The first kappa shape index (κ1) is 18.9. The maximum Gasteiger partial charge on any atom is 0.268 e. The van der Waals surface area contributed by atoms with Crippen molar-refractivity contribution in [1.29, 1.82) is 0 Å². The number of hydrogen-bond acceptors (Lipinski definition) is 4. The van der Waals surface area contributed by atoms with Gasteiger partial charge in [0.25, 0.3) is 5.56 Å². The molecule has 4 rings (SSSR count). The molecule has 0 saturated carbocycles. The Bertz CT molecular complexity index is 1220. The number of nitrogens with one attached hydrogen (secondary N) is 1. The molecule has 4 aromatic rings. The number of pyridine rings is 1. The van der Waals surface area contributed by atoms with Crippen LogP contribution in [0.1, 0.15) is 11.1 Å². The number of fused-ring (bicyclic) bond motifs is 1. The summed E-state index contributed by atoms with van der Waals surface area (Å²) in [6, 6.07) is 22.9. The zero-order valence-corrected chi connectivity index (χ0v) is 16.4. The van der Waals surface area contributed by atoms with Gasteiger partial charge in [0.2, 0.25) is 0 Å². The number of halogens is 1. The minimum absolute atomic E-state index is 0.177. The largest absolute Gasteiger partial charge is 0.339 e. The van der Waals surface area contributed by atoms with Crippen molar-refractivity contribution in [2.24, 2.45) is 4.99 Å². The van der Waals surface area contributed by atoms with Crippen LogP contribution in [0.5, 0.6) is 0 Å². The van der Waals surface area contributed by atoms with Crippen molar-refractivity contribution < 1.29 is 0 Å². The maximum atomic E-state index is 13.0. The van der Waals surface area contributed by atoms with Crippen LogP contribution < -0.4 is 10.9 Å². The molecule has 1 N–H and O–H groups in total. The molecule has 0 fully saturated rings. The average Bonchev–Trinajstić information content (AvgIpc) is 2.74. The highest BCUT2D eigenvalue weighted by Crippen LogP contribution is 2.20. The number of benzene rings is 2. The molecule has 0 spiro atoms. The number of nitrogens with zero attached hydrogens (tertiary/aromatic N) is 3. The van der Waals surface area contributed by atoms with Crippen LogP contribution in [-0.4, -0.2) is 22.1 Å². The quantitative estimate of drug-likeness (QED) is 0.473. The summed E-state index contributed by atoms with van der Waals surface area (Å²) in [7, 11) is 0. The fourth-order valence-corrected chi connectivity index (χ4v) is 3.20. The van der Waals surface area contributed by atoms with Crippen LogP contribution in [0, 0.1) is 0 Å². The summed E-state index contributed by atoms with van der Waals surface area (Å²) in [6.45, 7) is 0.581. The molecular formula is C23H19ClN4O. The van der Waals surface area contributed by atoms with Gasteiger partial charge in [-0.3, -0.25) is 14.2 Å². The molecule has 0 bridgehead atoms. The molecule has 0 amide bonds. The number of aromatic nitrogens is 2. The van der Waals surface area contributed by atoms with Gasteiger partial charge in [-0.2, -0.15) is 0 Å². The van der Waals surface area contributed by atoms with Gasteiger partial charge in [0.15, 0.2) is 0 Å². The summed E-state index contributed by atoms with van der Waals surface area (Å²) >= 11 is 6.09. The van der Waals surface area contributed by atoms with Crippen molar-refractivity contribution in [2.45, 2.75) is 6.42 Å². The number of aliphatic imine (C=N–C) groups is 1. The van der Waals surface area contributed by atoms with Gasteiger partial charge in [0, 0.05) is 29.7 Å². The van der Waals surface area contributed by atoms with Crippen molar-refractivity contribution in [2.75, 3.05) is 11.9 Å². The van der Waals surface area contributed by atoms with Gasteiger partial charge in [0.1, 0.15) is 17.0 Å². The van der Waals surface area contributed by atoms with E-state index < -0.39 is 0 Å². The van der Waals surface area contributed by atoms with Crippen LogP contribution in [0.3, 0.4) is 0 Å². The van der Waals surface area contributed by atoms with Gasteiger partial charge in [0.05, 0.1) is 0 Å². The lowest BCUT2D eigenvalue weighted by Gasteiger charge is -2.10. The maximum absolute atomic E-state index is 13.0. The molecule has 0 saturated heterocycles. The van der Waals surface area contributed by atoms with Crippen molar-refractivity contribution in [3.63, 3.8) is 0 Å². The van der Waals surface area contributed by atoms with Gasteiger partial charge in [-0.1, -0.05) is 54.1 Å². The van der Waals surface area contributed by atoms with E-state index in [1.54, 1.807) is 36.7 Å². The highest BCUT2D eigenvalue weighted by Gasteiger charge is 2.11. The fraction of sp³-hybridized carbons (Fsp3) is 0.0870. The summed E-state index contributed by atoms with van der Waals surface area (Å²) in [5.41, 5.74) is 2.74. The van der Waals surface area contributed by atoms with E-state index in [9.17, 15) is 4.79 Å². The zero-order chi connectivity index (χ0) is 20.1. The van der Waals surface area contributed by atoms with E-state index in [4.69, 9.17) is 11.6 Å². The Morgan fingerprint density at radius 3 is 2.69 bits per heavy atom. The first-order valence-corrected chi connectivity index (χ1v) is 9.66. The highest BCUT2D eigenvalue weighted by atomic mass is 35.5. The lowest BCUT2D eigenvalue weighted by molar-refractivity contribution is 0.971. The minimum atomic E-state index is -0.177. The predicted octanol–water partition coefficient (Wildman–Crippen LogP) is 4.75. The molecule has 0 aliphatic carbocycles. The second-order valence-corrected chi connectivity index (χ2v) is 6.95. The van der Waals surface area contributed by atoms with Crippen molar-refractivity contribution in [3.05, 3.63) is 105 Å². The summed E-state index contributed by atoms with van der Waals surface area (Å²) in [5.74, 6) is 0.451. The van der Waals surface area contributed by atoms with Crippen molar-refractivity contribution in [3.8, 4) is 0 Å². The predicted molar refractivity (Wildman–Crippen MR) is 119 cm³/mol.